The van der Waals surface area contributed by atoms with Gasteiger partial charge in [0.15, 0.2) is 9.84 Å². The maximum atomic E-state index is 12.2. The number of anilines is 1. The van der Waals surface area contributed by atoms with E-state index in [1.807, 2.05) is 6.92 Å². The van der Waals surface area contributed by atoms with Crippen molar-refractivity contribution in [2.24, 2.45) is 0 Å². The summed E-state index contributed by atoms with van der Waals surface area (Å²) in [5, 5.41) is 2.60. The molecule has 0 unspecified atom stereocenters. The van der Waals surface area contributed by atoms with Gasteiger partial charge in [-0.3, -0.25) is 0 Å². The number of sulfone groups is 1. The highest BCUT2D eigenvalue weighted by Crippen LogP contribution is 2.26. The number of nitrogen functional groups attached to an aromatic ring is 1. The quantitative estimate of drug-likeness (QED) is 0.867. The van der Waals surface area contributed by atoms with E-state index in [4.69, 9.17) is 5.73 Å². The second kappa shape index (κ2) is 4.99. The molecule has 2 rings (SSSR count). The Labute approximate surface area is 118 Å². The molecule has 96 valence electrons. The van der Waals surface area contributed by atoms with E-state index in [0.717, 1.165) is 9.48 Å². The second-order valence-electron chi connectivity index (χ2n) is 3.80. The van der Waals surface area contributed by atoms with Gasteiger partial charge in [0.25, 0.3) is 0 Å². The number of aromatic nitrogens is 1. The van der Waals surface area contributed by atoms with Crippen molar-refractivity contribution in [2.75, 3.05) is 5.73 Å². The third-order valence-electron chi connectivity index (χ3n) is 2.31. The van der Waals surface area contributed by atoms with Crippen LogP contribution in [0.5, 0.6) is 0 Å². The second-order valence-corrected chi connectivity index (χ2v) is 7.73. The largest absolute Gasteiger partial charge is 0.398 e. The molecule has 2 aromatic rings. The van der Waals surface area contributed by atoms with Gasteiger partial charge in [0.2, 0.25) is 0 Å². The lowest BCUT2D eigenvalue weighted by Crippen LogP contribution is -2.08. The summed E-state index contributed by atoms with van der Waals surface area (Å²) in [6, 6.07) is 4.75. The van der Waals surface area contributed by atoms with Crippen molar-refractivity contribution in [1.29, 1.82) is 0 Å². The molecule has 0 saturated carbocycles. The number of aryl methyl sites for hydroxylation is 1. The van der Waals surface area contributed by atoms with Crippen LogP contribution in [-0.4, -0.2) is 13.4 Å². The van der Waals surface area contributed by atoms with Crippen LogP contribution >= 0.6 is 27.3 Å². The first-order valence-corrected chi connectivity index (χ1v) is 8.40. The summed E-state index contributed by atoms with van der Waals surface area (Å²) >= 11 is 4.68. The van der Waals surface area contributed by atoms with Gasteiger partial charge in [-0.15, -0.1) is 11.3 Å². The molecule has 0 atom stereocenters. The third kappa shape index (κ3) is 2.90. The van der Waals surface area contributed by atoms with Crippen LogP contribution in [0.2, 0.25) is 0 Å². The van der Waals surface area contributed by atoms with E-state index in [2.05, 4.69) is 20.9 Å². The lowest BCUT2D eigenvalue weighted by molar-refractivity contribution is 0.595. The van der Waals surface area contributed by atoms with Crippen molar-refractivity contribution in [2.45, 2.75) is 17.6 Å². The SMILES string of the molecule is Cc1nc(CS(=O)(=O)c2ccc(Br)cc2N)cs1. The first kappa shape index (κ1) is 13.5. The van der Waals surface area contributed by atoms with E-state index < -0.39 is 9.84 Å². The number of hydrogen-bond acceptors (Lipinski definition) is 5. The van der Waals surface area contributed by atoms with E-state index in [9.17, 15) is 8.42 Å². The van der Waals surface area contributed by atoms with Gasteiger partial charge in [-0.05, 0) is 25.1 Å². The van der Waals surface area contributed by atoms with Crippen LogP contribution < -0.4 is 5.73 Å². The molecule has 18 heavy (non-hydrogen) atoms. The van der Waals surface area contributed by atoms with Gasteiger partial charge in [0.05, 0.1) is 27.0 Å². The molecule has 0 aliphatic carbocycles. The monoisotopic (exact) mass is 346 g/mol. The smallest absolute Gasteiger partial charge is 0.186 e. The summed E-state index contributed by atoms with van der Waals surface area (Å²) in [4.78, 5) is 4.31. The molecule has 0 saturated heterocycles. The zero-order chi connectivity index (χ0) is 13.3. The van der Waals surface area contributed by atoms with Crippen molar-refractivity contribution in [3.05, 3.63) is 38.8 Å². The number of nitrogens with zero attached hydrogens (tertiary/aromatic N) is 1. The Morgan fingerprint density at radius 3 is 2.72 bits per heavy atom. The highest BCUT2D eigenvalue weighted by molar-refractivity contribution is 9.10. The van der Waals surface area contributed by atoms with E-state index in [1.54, 1.807) is 17.5 Å². The van der Waals surface area contributed by atoms with E-state index in [0.29, 0.717) is 5.69 Å². The van der Waals surface area contributed by atoms with E-state index in [-0.39, 0.29) is 16.3 Å². The summed E-state index contributed by atoms with van der Waals surface area (Å²) in [7, 11) is -3.45. The molecule has 0 fully saturated rings. The zero-order valence-electron chi connectivity index (χ0n) is 9.55. The van der Waals surface area contributed by atoms with Crippen LogP contribution in [0.3, 0.4) is 0 Å². The summed E-state index contributed by atoms with van der Waals surface area (Å²) in [5.74, 6) is -0.122. The predicted octanol–water partition coefficient (Wildman–Crippen LogP) is 2.77. The Bertz CT molecular complexity index is 680. The number of thiazole rings is 1. The van der Waals surface area contributed by atoms with Crippen molar-refractivity contribution in [3.63, 3.8) is 0 Å². The lowest BCUT2D eigenvalue weighted by Gasteiger charge is -2.06. The molecule has 1 heterocycles. The van der Waals surface area contributed by atoms with Crippen LogP contribution in [0.1, 0.15) is 10.7 Å². The zero-order valence-corrected chi connectivity index (χ0v) is 12.8. The van der Waals surface area contributed by atoms with Crippen LogP contribution in [-0.2, 0) is 15.6 Å². The molecule has 0 aliphatic rings. The summed E-state index contributed by atoms with van der Waals surface area (Å²) in [5.41, 5.74) is 6.54. The predicted molar refractivity (Wildman–Crippen MR) is 76.3 cm³/mol. The fourth-order valence-corrected chi connectivity index (χ4v) is 4.03. The molecule has 1 aromatic carbocycles. The molecule has 4 nitrogen and oxygen atoms in total. The van der Waals surface area contributed by atoms with Gasteiger partial charge in [-0.25, -0.2) is 13.4 Å². The number of benzene rings is 1. The standard InChI is InChI=1S/C11H11BrN2O2S2/c1-7-14-9(5-17-7)6-18(15,16)11-3-2-8(12)4-10(11)13/h2-5H,6,13H2,1H3. The van der Waals surface area contributed by atoms with E-state index in [1.165, 1.54) is 17.4 Å². The molecule has 2 N–H and O–H groups in total. The third-order valence-corrected chi connectivity index (χ3v) is 5.34. The van der Waals surface area contributed by atoms with Gasteiger partial charge < -0.3 is 5.73 Å². The Balaban J connectivity index is 2.36. The van der Waals surface area contributed by atoms with Crippen molar-refractivity contribution >= 4 is 42.8 Å². The maximum absolute atomic E-state index is 12.2. The molecule has 0 spiro atoms. The van der Waals surface area contributed by atoms with Gasteiger partial charge in [-0.1, -0.05) is 15.9 Å². The molecule has 0 amide bonds. The highest BCUT2D eigenvalue weighted by Gasteiger charge is 2.19. The number of halogens is 1. The van der Waals surface area contributed by atoms with Crippen molar-refractivity contribution < 1.29 is 8.42 Å². The van der Waals surface area contributed by atoms with Crippen LogP contribution in [0.4, 0.5) is 5.69 Å². The van der Waals surface area contributed by atoms with Crippen molar-refractivity contribution in [3.8, 4) is 0 Å². The topological polar surface area (TPSA) is 73.0 Å². The lowest BCUT2D eigenvalue weighted by atomic mass is 10.3. The van der Waals surface area contributed by atoms with Crippen molar-refractivity contribution in [1.82, 2.24) is 4.98 Å². The first-order chi connectivity index (χ1) is 8.38. The normalized spacial score (nSPS) is 11.7. The number of hydrogen-bond donors (Lipinski definition) is 1. The Kier molecular flexibility index (Phi) is 3.74. The summed E-state index contributed by atoms with van der Waals surface area (Å²) in [6.07, 6.45) is 0. The van der Waals surface area contributed by atoms with Gasteiger partial charge in [-0.2, -0.15) is 0 Å². The number of rotatable bonds is 3. The average molecular weight is 347 g/mol. The first-order valence-electron chi connectivity index (χ1n) is 5.07. The Hall–Kier alpha value is -0.920. The minimum atomic E-state index is -3.45. The molecular formula is C11H11BrN2O2S2. The molecule has 1 aromatic heterocycles. The maximum Gasteiger partial charge on any atom is 0.186 e. The average Bonchev–Trinajstić information content (AvgIpc) is 2.62. The fraction of sp³-hybridized carbons (Fsp3) is 0.182. The van der Waals surface area contributed by atoms with Gasteiger partial charge >= 0.3 is 0 Å². The van der Waals surface area contributed by atoms with Crippen LogP contribution in [0.25, 0.3) is 0 Å². The Morgan fingerprint density at radius 2 is 2.17 bits per heavy atom. The van der Waals surface area contributed by atoms with Crippen LogP contribution in [0, 0.1) is 6.92 Å². The minimum absolute atomic E-state index is 0.122. The fourth-order valence-electron chi connectivity index (χ4n) is 1.55. The molecule has 0 radical (unpaired) electrons. The van der Waals surface area contributed by atoms with Gasteiger partial charge in [0, 0.05) is 9.85 Å². The summed E-state index contributed by atoms with van der Waals surface area (Å²) < 4.78 is 25.2. The number of nitrogens with two attached hydrogens (primary N) is 1. The minimum Gasteiger partial charge on any atom is -0.398 e. The van der Waals surface area contributed by atoms with Crippen LogP contribution in [0.15, 0.2) is 32.9 Å². The molecule has 0 bridgehead atoms. The van der Waals surface area contributed by atoms with E-state index >= 15 is 0 Å². The Morgan fingerprint density at radius 1 is 1.44 bits per heavy atom. The summed E-state index contributed by atoms with van der Waals surface area (Å²) in [6.45, 7) is 1.84. The highest BCUT2D eigenvalue weighted by atomic mass is 79.9. The van der Waals surface area contributed by atoms with Gasteiger partial charge in [0.1, 0.15) is 0 Å². The molecular weight excluding hydrogens is 336 g/mol. The molecule has 7 heteroatoms. The molecule has 0 aliphatic heterocycles.